The lowest BCUT2D eigenvalue weighted by Gasteiger charge is -2.18. The molecule has 0 aliphatic carbocycles. The van der Waals surface area contributed by atoms with Crippen molar-refractivity contribution in [3.63, 3.8) is 0 Å². The number of benzene rings is 1. The number of hydrogen-bond acceptors (Lipinski definition) is 8. The zero-order valence-corrected chi connectivity index (χ0v) is 16.8. The fourth-order valence-electron chi connectivity index (χ4n) is 2.17. The minimum atomic E-state index is -1.26. The van der Waals surface area contributed by atoms with Gasteiger partial charge in [0.2, 0.25) is 11.8 Å². The summed E-state index contributed by atoms with van der Waals surface area (Å²) in [6, 6.07) is 3.99. The summed E-state index contributed by atoms with van der Waals surface area (Å²) in [5.74, 6) is -4.05. The van der Waals surface area contributed by atoms with Gasteiger partial charge in [0.1, 0.15) is 18.6 Å². The van der Waals surface area contributed by atoms with Crippen molar-refractivity contribution in [1.82, 2.24) is 10.6 Å². The maximum absolute atomic E-state index is 12.2. The summed E-state index contributed by atoms with van der Waals surface area (Å²) in [5.41, 5.74) is 11.9. The van der Waals surface area contributed by atoms with Gasteiger partial charge in [-0.2, -0.15) is 11.8 Å². The monoisotopic (exact) mass is 440 g/mol. The van der Waals surface area contributed by atoms with Crippen molar-refractivity contribution in [3.05, 3.63) is 29.8 Å². The molecule has 0 saturated carbocycles. The molecule has 11 nitrogen and oxygen atoms in total. The summed E-state index contributed by atoms with van der Waals surface area (Å²) in [4.78, 5) is 57.8. The molecule has 0 radical (unpaired) electrons. The number of Topliss-reactive ketones (excluding diaryl/α,β-unsaturated/α-hetero) is 1. The average Bonchev–Trinajstić information content (AvgIpc) is 2.69. The largest absolute Gasteiger partial charge is 0.480 e. The Balaban J connectivity index is 2.63. The number of carboxylic acid groups (broad SMARTS) is 2. The lowest BCUT2D eigenvalue weighted by molar-refractivity contribution is -0.139. The van der Waals surface area contributed by atoms with Gasteiger partial charge in [0.15, 0.2) is 5.78 Å². The molecular formula is C18H24N4O7S. The molecule has 1 aromatic rings. The highest BCUT2D eigenvalue weighted by atomic mass is 32.2. The van der Waals surface area contributed by atoms with E-state index >= 15 is 0 Å². The first-order valence-electron chi connectivity index (χ1n) is 8.84. The molecule has 0 spiro atoms. The van der Waals surface area contributed by atoms with E-state index in [9.17, 15) is 24.0 Å². The van der Waals surface area contributed by atoms with Crippen molar-refractivity contribution in [2.75, 3.05) is 23.8 Å². The van der Waals surface area contributed by atoms with Gasteiger partial charge in [-0.1, -0.05) is 0 Å². The molecule has 12 heteroatoms. The second-order valence-electron chi connectivity index (χ2n) is 6.28. The predicted octanol–water partition coefficient (Wildman–Crippen LogP) is -0.938. The molecule has 1 rings (SSSR count). The summed E-state index contributed by atoms with van der Waals surface area (Å²) in [6.07, 6.45) is -0.362. The molecule has 0 aliphatic heterocycles. The molecule has 8 N–H and O–H groups in total. The van der Waals surface area contributed by atoms with Gasteiger partial charge in [0.25, 0.3) is 0 Å². The predicted molar refractivity (Wildman–Crippen MR) is 110 cm³/mol. The van der Waals surface area contributed by atoms with Crippen molar-refractivity contribution in [3.8, 4) is 0 Å². The minimum absolute atomic E-state index is 0.00287. The van der Waals surface area contributed by atoms with Crippen LogP contribution in [0.15, 0.2) is 24.3 Å². The Kier molecular flexibility index (Phi) is 10.3. The molecule has 0 unspecified atom stereocenters. The average molecular weight is 440 g/mol. The zero-order valence-electron chi connectivity index (χ0n) is 16.0. The van der Waals surface area contributed by atoms with Gasteiger partial charge in [-0.25, -0.2) is 0 Å². The van der Waals surface area contributed by atoms with Crippen LogP contribution < -0.4 is 22.1 Å². The second-order valence-corrected chi connectivity index (χ2v) is 7.31. The number of carboxylic acids is 2. The SMILES string of the molecule is Nc1ccc(C(=O)CSC[C@H](NC(=O)CC[C@@H](N)C(=O)O)C(=O)NCC(=O)O)cc1. The van der Waals surface area contributed by atoms with E-state index < -0.39 is 42.4 Å². The molecule has 0 heterocycles. The second kappa shape index (κ2) is 12.4. The Morgan fingerprint density at radius 1 is 1.07 bits per heavy atom. The normalized spacial score (nSPS) is 12.4. The number of nitrogen functional groups attached to an aromatic ring is 1. The zero-order chi connectivity index (χ0) is 22.7. The third kappa shape index (κ3) is 9.39. The van der Waals surface area contributed by atoms with Gasteiger partial charge >= 0.3 is 11.9 Å². The van der Waals surface area contributed by atoms with Gasteiger partial charge in [0.05, 0.1) is 5.75 Å². The van der Waals surface area contributed by atoms with Crippen LogP contribution >= 0.6 is 11.8 Å². The molecule has 1 aromatic carbocycles. The van der Waals surface area contributed by atoms with Crippen LogP contribution in [0.4, 0.5) is 5.69 Å². The summed E-state index contributed by atoms with van der Waals surface area (Å²) < 4.78 is 0. The Morgan fingerprint density at radius 2 is 1.70 bits per heavy atom. The fraction of sp³-hybridized carbons (Fsp3) is 0.389. The van der Waals surface area contributed by atoms with E-state index in [-0.39, 0.29) is 30.1 Å². The fourth-order valence-corrected chi connectivity index (χ4v) is 3.11. The molecular weight excluding hydrogens is 416 g/mol. The maximum Gasteiger partial charge on any atom is 0.322 e. The molecule has 2 atom stereocenters. The number of rotatable bonds is 13. The highest BCUT2D eigenvalue weighted by Crippen LogP contribution is 2.11. The van der Waals surface area contributed by atoms with Gasteiger partial charge in [0, 0.05) is 23.4 Å². The van der Waals surface area contributed by atoms with Crippen molar-refractivity contribution >= 4 is 47.0 Å². The van der Waals surface area contributed by atoms with Crippen molar-refractivity contribution < 1.29 is 34.2 Å². The molecule has 0 bridgehead atoms. The van der Waals surface area contributed by atoms with E-state index in [1.807, 2.05) is 0 Å². The quantitative estimate of drug-likeness (QED) is 0.164. The van der Waals surface area contributed by atoms with Crippen LogP contribution in [0.1, 0.15) is 23.2 Å². The van der Waals surface area contributed by atoms with E-state index in [4.69, 9.17) is 21.7 Å². The number of nitrogens with one attached hydrogen (secondary N) is 2. The van der Waals surface area contributed by atoms with Gasteiger partial charge in [-0.15, -0.1) is 0 Å². The van der Waals surface area contributed by atoms with E-state index in [2.05, 4.69) is 10.6 Å². The van der Waals surface area contributed by atoms with E-state index in [0.717, 1.165) is 11.8 Å². The number of carbonyl (C=O) groups excluding carboxylic acids is 3. The first kappa shape index (κ1) is 24.9. The molecule has 0 fully saturated rings. The van der Waals surface area contributed by atoms with Gasteiger partial charge in [-0.3, -0.25) is 24.0 Å². The highest BCUT2D eigenvalue weighted by Gasteiger charge is 2.23. The molecule has 30 heavy (non-hydrogen) atoms. The number of ketones is 1. The van der Waals surface area contributed by atoms with Crippen molar-refractivity contribution in [2.24, 2.45) is 5.73 Å². The third-order valence-corrected chi connectivity index (χ3v) is 4.85. The van der Waals surface area contributed by atoms with Crippen LogP contribution in [0.3, 0.4) is 0 Å². The molecule has 0 aliphatic rings. The van der Waals surface area contributed by atoms with Crippen molar-refractivity contribution in [2.45, 2.75) is 24.9 Å². The Labute approximate surface area is 176 Å². The summed E-state index contributed by atoms with van der Waals surface area (Å²) in [7, 11) is 0. The number of anilines is 1. The first-order valence-corrected chi connectivity index (χ1v) is 9.99. The van der Waals surface area contributed by atoms with Crippen LogP contribution in [0.25, 0.3) is 0 Å². The molecule has 164 valence electrons. The standard InChI is InChI=1S/C18H24N4O7S/c19-11-3-1-10(2-4-11)14(23)9-30-8-13(17(27)21-7-16(25)26)22-15(24)6-5-12(20)18(28)29/h1-4,12-13H,5-9,19-20H2,(H,21,27)(H,22,24)(H,25,26)(H,28,29)/t12-,13+/m1/s1. The lowest BCUT2D eigenvalue weighted by Crippen LogP contribution is -2.49. The van der Waals surface area contributed by atoms with E-state index in [0.29, 0.717) is 11.3 Å². The van der Waals surface area contributed by atoms with E-state index in [1.54, 1.807) is 24.3 Å². The summed E-state index contributed by atoms with van der Waals surface area (Å²) in [6.45, 7) is -0.635. The van der Waals surface area contributed by atoms with Crippen LogP contribution in [0, 0.1) is 0 Å². The van der Waals surface area contributed by atoms with Gasteiger partial charge < -0.3 is 32.3 Å². The third-order valence-electron chi connectivity index (χ3n) is 3.82. The van der Waals surface area contributed by atoms with Gasteiger partial charge in [-0.05, 0) is 30.7 Å². The van der Waals surface area contributed by atoms with Crippen molar-refractivity contribution in [1.29, 1.82) is 0 Å². The maximum atomic E-state index is 12.2. The van der Waals surface area contributed by atoms with Crippen LogP contribution in [-0.2, 0) is 19.2 Å². The Morgan fingerprint density at radius 3 is 2.27 bits per heavy atom. The van der Waals surface area contributed by atoms with Crippen LogP contribution in [-0.4, -0.2) is 69.9 Å². The highest BCUT2D eigenvalue weighted by molar-refractivity contribution is 8.00. The number of aliphatic carboxylic acids is 2. The Hall–Kier alpha value is -3.12. The number of carbonyl (C=O) groups is 5. The number of amides is 2. The lowest BCUT2D eigenvalue weighted by atomic mass is 10.1. The molecule has 0 saturated heterocycles. The minimum Gasteiger partial charge on any atom is -0.480 e. The topological polar surface area (TPSA) is 202 Å². The van der Waals surface area contributed by atoms with Crippen LogP contribution in [0.5, 0.6) is 0 Å². The smallest absolute Gasteiger partial charge is 0.322 e. The number of thioether (sulfide) groups is 1. The summed E-state index contributed by atoms with van der Waals surface area (Å²) >= 11 is 1.08. The number of hydrogen-bond donors (Lipinski definition) is 6. The molecule has 0 aromatic heterocycles. The number of nitrogens with two attached hydrogens (primary N) is 2. The van der Waals surface area contributed by atoms with Crippen LogP contribution in [0.2, 0.25) is 0 Å². The first-order chi connectivity index (χ1) is 14.1. The Bertz CT molecular complexity index is 785. The molecule has 2 amide bonds. The van der Waals surface area contributed by atoms with E-state index in [1.165, 1.54) is 0 Å². The summed E-state index contributed by atoms with van der Waals surface area (Å²) in [5, 5.41) is 22.0.